The van der Waals surface area contributed by atoms with Crippen LogP contribution < -0.4 is 10.0 Å². The first-order valence-electron chi connectivity index (χ1n) is 5.87. The minimum Gasteiger partial charge on any atom is -0.478 e. The van der Waals surface area contributed by atoms with Crippen LogP contribution in [-0.2, 0) is 14.8 Å². The van der Waals surface area contributed by atoms with Gasteiger partial charge in [-0.2, -0.15) is 0 Å². The van der Waals surface area contributed by atoms with Gasteiger partial charge >= 0.3 is 5.97 Å². The Morgan fingerprint density at radius 3 is 2.60 bits per heavy atom. The normalized spacial score (nSPS) is 11.3. The lowest BCUT2D eigenvalue weighted by molar-refractivity contribution is 0.0697. The molecule has 112 valence electrons. The molecule has 20 heavy (non-hydrogen) atoms. The molecule has 0 amide bonds. The zero-order valence-corrected chi connectivity index (χ0v) is 12.2. The molecule has 0 saturated heterocycles. The third-order valence-corrected chi connectivity index (χ3v) is 3.69. The number of nitrogens with zero attached hydrogens (tertiary/aromatic N) is 1. The van der Waals surface area contributed by atoms with Crippen LogP contribution in [-0.4, -0.2) is 46.8 Å². The SMILES string of the molecule is COCCCN(C)c1ccc(S(N)(=O)=O)cc1C(=O)O. The predicted octanol–water partition coefficient (Wildman–Crippen LogP) is 0.505. The van der Waals surface area contributed by atoms with E-state index < -0.39 is 16.0 Å². The number of carbonyl (C=O) groups is 1. The molecule has 3 N–H and O–H groups in total. The highest BCUT2D eigenvalue weighted by Crippen LogP contribution is 2.23. The number of benzene rings is 1. The van der Waals surface area contributed by atoms with Crippen LogP contribution in [0.25, 0.3) is 0 Å². The number of ether oxygens (including phenoxy) is 1. The van der Waals surface area contributed by atoms with Gasteiger partial charge in [0.05, 0.1) is 16.1 Å². The number of rotatable bonds is 7. The van der Waals surface area contributed by atoms with E-state index in [1.165, 1.54) is 12.1 Å². The molecular weight excluding hydrogens is 284 g/mol. The number of hydrogen-bond donors (Lipinski definition) is 2. The largest absolute Gasteiger partial charge is 0.478 e. The number of sulfonamides is 1. The molecule has 0 aliphatic carbocycles. The third kappa shape index (κ3) is 4.19. The Labute approximate surface area is 118 Å². The summed E-state index contributed by atoms with van der Waals surface area (Å²) < 4.78 is 27.4. The molecule has 0 unspecified atom stereocenters. The summed E-state index contributed by atoms with van der Waals surface area (Å²) in [5.74, 6) is -1.20. The van der Waals surface area contributed by atoms with Gasteiger partial charge in [-0.25, -0.2) is 18.4 Å². The van der Waals surface area contributed by atoms with Crippen LogP contribution in [0.5, 0.6) is 0 Å². The zero-order chi connectivity index (χ0) is 15.3. The highest BCUT2D eigenvalue weighted by Gasteiger charge is 2.18. The lowest BCUT2D eigenvalue weighted by Gasteiger charge is -2.21. The Hall–Kier alpha value is -1.64. The van der Waals surface area contributed by atoms with E-state index in [-0.39, 0.29) is 10.5 Å². The first kappa shape index (κ1) is 16.4. The van der Waals surface area contributed by atoms with Gasteiger partial charge in [0.15, 0.2) is 0 Å². The van der Waals surface area contributed by atoms with Crippen molar-refractivity contribution in [2.75, 3.05) is 32.2 Å². The molecule has 1 aromatic carbocycles. The van der Waals surface area contributed by atoms with Crippen molar-refractivity contribution in [1.82, 2.24) is 0 Å². The van der Waals surface area contributed by atoms with Gasteiger partial charge in [0.25, 0.3) is 0 Å². The van der Waals surface area contributed by atoms with Crippen LogP contribution in [0, 0.1) is 0 Å². The Morgan fingerprint density at radius 2 is 2.10 bits per heavy atom. The molecule has 0 fully saturated rings. The van der Waals surface area contributed by atoms with Crippen molar-refractivity contribution in [3.63, 3.8) is 0 Å². The molecule has 0 atom stereocenters. The zero-order valence-electron chi connectivity index (χ0n) is 11.4. The third-order valence-electron chi connectivity index (χ3n) is 2.78. The standard InChI is InChI=1S/C12H18N2O5S/c1-14(6-3-7-19-2)11-5-4-9(20(13,17)18)8-10(11)12(15)16/h4-5,8H,3,6-7H2,1-2H3,(H,15,16)(H2,13,17,18). The maximum absolute atomic E-state index is 11.3. The molecule has 0 heterocycles. The lowest BCUT2D eigenvalue weighted by Crippen LogP contribution is -2.23. The van der Waals surface area contributed by atoms with E-state index in [4.69, 9.17) is 9.88 Å². The molecular formula is C12H18N2O5S. The highest BCUT2D eigenvalue weighted by atomic mass is 32.2. The topological polar surface area (TPSA) is 110 Å². The summed E-state index contributed by atoms with van der Waals surface area (Å²) in [6.07, 6.45) is 0.725. The maximum Gasteiger partial charge on any atom is 0.337 e. The van der Waals surface area contributed by atoms with Crippen molar-refractivity contribution in [3.05, 3.63) is 23.8 Å². The second kappa shape index (κ2) is 6.69. The number of hydrogen-bond acceptors (Lipinski definition) is 5. The number of methoxy groups -OCH3 is 1. The minimum absolute atomic E-state index is 0.101. The number of nitrogens with two attached hydrogens (primary N) is 1. The number of anilines is 1. The van der Waals surface area contributed by atoms with Crippen LogP contribution in [0.1, 0.15) is 16.8 Å². The molecule has 7 nitrogen and oxygen atoms in total. The van der Waals surface area contributed by atoms with Gasteiger partial charge in [0.1, 0.15) is 0 Å². The van der Waals surface area contributed by atoms with E-state index in [1.54, 1.807) is 19.1 Å². The Morgan fingerprint density at radius 1 is 1.45 bits per heavy atom. The van der Waals surface area contributed by atoms with E-state index in [2.05, 4.69) is 0 Å². The summed E-state index contributed by atoms with van der Waals surface area (Å²) in [5.41, 5.74) is 0.331. The molecule has 8 heteroatoms. The number of primary sulfonamides is 1. The van der Waals surface area contributed by atoms with Crippen LogP contribution in [0.4, 0.5) is 5.69 Å². The van der Waals surface area contributed by atoms with Gasteiger partial charge in [-0.05, 0) is 24.6 Å². The van der Waals surface area contributed by atoms with Gasteiger partial charge in [0, 0.05) is 27.3 Å². The van der Waals surface area contributed by atoms with Crippen molar-refractivity contribution in [1.29, 1.82) is 0 Å². The first-order chi connectivity index (χ1) is 9.27. The maximum atomic E-state index is 11.3. The summed E-state index contributed by atoms with van der Waals surface area (Å²) in [5, 5.41) is 14.2. The Bertz CT molecular complexity index is 586. The van der Waals surface area contributed by atoms with E-state index in [0.29, 0.717) is 18.8 Å². The van der Waals surface area contributed by atoms with Crippen molar-refractivity contribution in [2.45, 2.75) is 11.3 Å². The molecule has 1 aromatic rings. The summed E-state index contributed by atoms with van der Waals surface area (Å²) in [6.45, 7) is 1.14. The molecule has 0 aliphatic heterocycles. The van der Waals surface area contributed by atoms with E-state index in [0.717, 1.165) is 12.5 Å². The van der Waals surface area contributed by atoms with Crippen molar-refractivity contribution >= 4 is 21.7 Å². The van der Waals surface area contributed by atoms with Gasteiger partial charge < -0.3 is 14.7 Å². The van der Waals surface area contributed by atoms with Crippen molar-refractivity contribution in [2.24, 2.45) is 5.14 Å². The molecule has 0 aromatic heterocycles. The average Bonchev–Trinajstić information content (AvgIpc) is 2.37. The smallest absolute Gasteiger partial charge is 0.337 e. The molecule has 1 rings (SSSR count). The summed E-state index contributed by atoms with van der Waals surface area (Å²) in [4.78, 5) is 12.8. The highest BCUT2D eigenvalue weighted by molar-refractivity contribution is 7.89. The molecule has 0 spiro atoms. The number of carboxylic acids is 1. The van der Waals surface area contributed by atoms with E-state index >= 15 is 0 Å². The van der Waals surface area contributed by atoms with Crippen LogP contribution in [0.2, 0.25) is 0 Å². The fourth-order valence-corrected chi connectivity index (χ4v) is 2.30. The second-order valence-corrected chi connectivity index (χ2v) is 5.86. The fraction of sp³-hybridized carbons (Fsp3) is 0.417. The fourth-order valence-electron chi connectivity index (χ4n) is 1.76. The van der Waals surface area contributed by atoms with Crippen LogP contribution >= 0.6 is 0 Å². The molecule has 0 radical (unpaired) electrons. The van der Waals surface area contributed by atoms with Crippen LogP contribution in [0.3, 0.4) is 0 Å². The van der Waals surface area contributed by atoms with Gasteiger partial charge in [-0.3, -0.25) is 0 Å². The summed E-state index contributed by atoms with van der Waals surface area (Å²) >= 11 is 0. The van der Waals surface area contributed by atoms with Crippen molar-refractivity contribution in [3.8, 4) is 0 Å². The van der Waals surface area contributed by atoms with Gasteiger partial charge in [0.2, 0.25) is 10.0 Å². The number of aromatic carboxylic acids is 1. The van der Waals surface area contributed by atoms with Gasteiger partial charge in [-0.1, -0.05) is 0 Å². The molecule has 0 saturated carbocycles. The van der Waals surface area contributed by atoms with Crippen molar-refractivity contribution < 1.29 is 23.1 Å². The van der Waals surface area contributed by atoms with Gasteiger partial charge in [-0.15, -0.1) is 0 Å². The molecule has 0 aliphatic rings. The monoisotopic (exact) mass is 302 g/mol. The average molecular weight is 302 g/mol. The Kier molecular flexibility index (Phi) is 5.49. The van der Waals surface area contributed by atoms with E-state index in [1.807, 2.05) is 0 Å². The summed E-state index contributed by atoms with van der Waals surface area (Å²) in [7, 11) is -0.607. The summed E-state index contributed by atoms with van der Waals surface area (Å²) in [6, 6.07) is 3.81. The second-order valence-electron chi connectivity index (χ2n) is 4.30. The lowest BCUT2D eigenvalue weighted by atomic mass is 10.1. The first-order valence-corrected chi connectivity index (χ1v) is 7.42. The molecule has 0 bridgehead atoms. The van der Waals surface area contributed by atoms with Crippen LogP contribution in [0.15, 0.2) is 23.1 Å². The predicted molar refractivity (Wildman–Crippen MR) is 74.5 cm³/mol. The van der Waals surface area contributed by atoms with E-state index in [9.17, 15) is 18.3 Å². The minimum atomic E-state index is -3.92. The number of carboxylic acid groups (broad SMARTS) is 1. The quantitative estimate of drug-likeness (QED) is 0.710. The Balaban J connectivity index is 3.11.